The number of aromatic nitrogens is 3. The maximum Gasteiger partial charge on any atom is 0.259 e. The van der Waals surface area contributed by atoms with Crippen molar-refractivity contribution in [1.82, 2.24) is 14.5 Å². The monoisotopic (exact) mass is 278 g/mol. The Morgan fingerprint density at radius 2 is 1.95 bits per heavy atom. The molecule has 0 atom stereocenters. The number of amides is 1. The number of imidazole rings is 1. The van der Waals surface area contributed by atoms with Gasteiger partial charge in [0.2, 0.25) is 0 Å². The number of hydrogen-bond donors (Lipinski definition) is 0. The van der Waals surface area contributed by atoms with Crippen molar-refractivity contribution in [2.45, 2.75) is 0 Å². The van der Waals surface area contributed by atoms with Crippen LogP contribution in [0.2, 0.25) is 0 Å². The topological polar surface area (TPSA) is 51.0 Å². The van der Waals surface area contributed by atoms with Gasteiger partial charge in [-0.3, -0.25) is 9.36 Å². The number of carbonyl (C=O) groups excluding carboxylic acids is 1. The SMILES string of the molecule is CN(C(=O)c1ccc(-n2ccnc2)nc1)c1ccccc1. The second-order valence-corrected chi connectivity index (χ2v) is 4.57. The van der Waals surface area contributed by atoms with Crippen LogP contribution in [-0.4, -0.2) is 27.5 Å². The van der Waals surface area contributed by atoms with E-state index in [0.29, 0.717) is 5.56 Å². The molecule has 104 valence electrons. The van der Waals surface area contributed by atoms with Gasteiger partial charge in [0.1, 0.15) is 12.1 Å². The molecule has 0 N–H and O–H groups in total. The lowest BCUT2D eigenvalue weighted by Crippen LogP contribution is -2.26. The smallest absolute Gasteiger partial charge is 0.259 e. The van der Waals surface area contributed by atoms with E-state index in [1.54, 1.807) is 53.6 Å². The first-order chi connectivity index (χ1) is 10.3. The Hall–Kier alpha value is -2.95. The fourth-order valence-electron chi connectivity index (χ4n) is 2.02. The summed E-state index contributed by atoms with van der Waals surface area (Å²) in [4.78, 5) is 22.3. The van der Waals surface area contributed by atoms with Crippen LogP contribution in [0.25, 0.3) is 5.82 Å². The quantitative estimate of drug-likeness (QED) is 0.739. The van der Waals surface area contributed by atoms with Gasteiger partial charge < -0.3 is 4.90 Å². The zero-order valence-corrected chi connectivity index (χ0v) is 11.5. The van der Waals surface area contributed by atoms with Crippen molar-refractivity contribution in [2.75, 3.05) is 11.9 Å². The van der Waals surface area contributed by atoms with E-state index in [2.05, 4.69) is 9.97 Å². The highest BCUT2D eigenvalue weighted by atomic mass is 16.2. The number of anilines is 1. The summed E-state index contributed by atoms with van der Waals surface area (Å²) in [6.45, 7) is 0. The van der Waals surface area contributed by atoms with E-state index in [4.69, 9.17) is 0 Å². The number of para-hydroxylation sites is 1. The van der Waals surface area contributed by atoms with Crippen LogP contribution >= 0.6 is 0 Å². The first-order valence-electron chi connectivity index (χ1n) is 6.53. The number of hydrogen-bond acceptors (Lipinski definition) is 3. The van der Waals surface area contributed by atoms with Crippen LogP contribution in [0.1, 0.15) is 10.4 Å². The summed E-state index contributed by atoms with van der Waals surface area (Å²) < 4.78 is 1.79. The van der Waals surface area contributed by atoms with Crippen molar-refractivity contribution >= 4 is 11.6 Å². The zero-order valence-electron chi connectivity index (χ0n) is 11.5. The van der Waals surface area contributed by atoms with Crippen LogP contribution < -0.4 is 4.90 Å². The summed E-state index contributed by atoms with van der Waals surface area (Å²) in [6, 6.07) is 13.1. The van der Waals surface area contributed by atoms with Crippen LogP contribution in [0.3, 0.4) is 0 Å². The number of pyridine rings is 1. The van der Waals surface area contributed by atoms with Crippen molar-refractivity contribution in [2.24, 2.45) is 0 Å². The zero-order chi connectivity index (χ0) is 14.7. The normalized spacial score (nSPS) is 10.3. The second-order valence-electron chi connectivity index (χ2n) is 4.57. The van der Waals surface area contributed by atoms with Gasteiger partial charge in [-0.15, -0.1) is 0 Å². The van der Waals surface area contributed by atoms with Crippen molar-refractivity contribution < 1.29 is 4.79 Å². The Morgan fingerprint density at radius 3 is 2.57 bits per heavy atom. The van der Waals surface area contributed by atoms with E-state index in [1.807, 2.05) is 30.3 Å². The van der Waals surface area contributed by atoms with Crippen LogP contribution in [0.5, 0.6) is 0 Å². The molecule has 0 aliphatic heterocycles. The molecule has 0 aliphatic rings. The van der Waals surface area contributed by atoms with Gasteiger partial charge in [-0.05, 0) is 24.3 Å². The minimum Gasteiger partial charge on any atom is -0.311 e. The molecule has 0 spiro atoms. The van der Waals surface area contributed by atoms with E-state index in [0.717, 1.165) is 11.5 Å². The highest BCUT2D eigenvalue weighted by Gasteiger charge is 2.13. The minimum atomic E-state index is -0.0918. The molecule has 0 unspecified atom stereocenters. The van der Waals surface area contributed by atoms with E-state index in [1.165, 1.54) is 0 Å². The summed E-state index contributed by atoms with van der Waals surface area (Å²) in [5.74, 6) is 0.636. The number of nitrogens with zero attached hydrogens (tertiary/aromatic N) is 4. The standard InChI is InChI=1S/C16H14N4O/c1-19(14-5-3-2-4-6-14)16(21)13-7-8-15(18-11-13)20-10-9-17-12-20/h2-12H,1H3. The molecule has 5 nitrogen and oxygen atoms in total. The van der Waals surface area contributed by atoms with Crippen molar-refractivity contribution in [3.8, 4) is 5.82 Å². The molecule has 1 aromatic carbocycles. The van der Waals surface area contributed by atoms with E-state index in [9.17, 15) is 4.79 Å². The van der Waals surface area contributed by atoms with Gasteiger partial charge in [-0.1, -0.05) is 18.2 Å². The van der Waals surface area contributed by atoms with Crippen LogP contribution in [0, 0.1) is 0 Å². The summed E-state index contributed by atoms with van der Waals surface area (Å²) in [5.41, 5.74) is 1.39. The van der Waals surface area contributed by atoms with Gasteiger partial charge >= 0.3 is 0 Å². The van der Waals surface area contributed by atoms with Crippen molar-refractivity contribution in [1.29, 1.82) is 0 Å². The van der Waals surface area contributed by atoms with Gasteiger partial charge in [-0.25, -0.2) is 9.97 Å². The molecule has 0 saturated carbocycles. The highest BCUT2D eigenvalue weighted by molar-refractivity contribution is 6.05. The third-order valence-electron chi connectivity index (χ3n) is 3.21. The molecule has 5 heteroatoms. The van der Waals surface area contributed by atoms with Crippen molar-refractivity contribution in [3.63, 3.8) is 0 Å². The molecular formula is C16H14N4O. The molecule has 0 saturated heterocycles. The molecule has 1 amide bonds. The first kappa shape index (κ1) is 13.1. The molecule has 0 bridgehead atoms. The lowest BCUT2D eigenvalue weighted by atomic mass is 10.2. The third kappa shape index (κ3) is 2.67. The Kier molecular flexibility index (Phi) is 3.47. The Balaban J connectivity index is 1.82. The van der Waals surface area contributed by atoms with Crippen LogP contribution in [0.15, 0.2) is 67.4 Å². The van der Waals surface area contributed by atoms with Gasteiger partial charge in [-0.2, -0.15) is 0 Å². The van der Waals surface area contributed by atoms with Crippen LogP contribution in [0.4, 0.5) is 5.69 Å². The fourth-order valence-corrected chi connectivity index (χ4v) is 2.02. The lowest BCUT2D eigenvalue weighted by Gasteiger charge is -2.17. The van der Waals surface area contributed by atoms with Gasteiger partial charge in [0.15, 0.2) is 0 Å². The van der Waals surface area contributed by atoms with Crippen LogP contribution in [-0.2, 0) is 0 Å². The molecule has 0 aliphatic carbocycles. The Bertz CT molecular complexity index is 721. The number of rotatable bonds is 3. The molecule has 2 heterocycles. The van der Waals surface area contributed by atoms with E-state index in [-0.39, 0.29) is 5.91 Å². The Labute approximate surface area is 122 Å². The van der Waals surface area contributed by atoms with Crippen molar-refractivity contribution in [3.05, 3.63) is 72.9 Å². The molecular weight excluding hydrogens is 264 g/mol. The van der Waals surface area contributed by atoms with E-state index < -0.39 is 0 Å². The Morgan fingerprint density at radius 1 is 1.14 bits per heavy atom. The van der Waals surface area contributed by atoms with Gasteiger partial charge in [0.25, 0.3) is 5.91 Å². The maximum absolute atomic E-state index is 12.4. The van der Waals surface area contributed by atoms with E-state index >= 15 is 0 Å². The molecule has 0 radical (unpaired) electrons. The van der Waals surface area contributed by atoms with Gasteiger partial charge in [0, 0.05) is 31.3 Å². The second kappa shape index (κ2) is 5.58. The lowest BCUT2D eigenvalue weighted by molar-refractivity contribution is 0.0992. The summed E-state index contributed by atoms with van der Waals surface area (Å²) >= 11 is 0. The molecule has 3 rings (SSSR count). The summed E-state index contributed by atoms with van der Waals surface area (Å²) in [7, 11) is 1.75. The van der Waals surface area contributed by atoms with Gasteiger partial charge in [0.05, 0.1) is 5.56 Å². The summed E-state index contributed by atoms with van der Waals surface area (Å²) in [6.07, 6.45) is 6.74. The molecule has 21 heavy (non-hydrogen) atoms. The molecule has 3 aromatic rings. The molecule has 2 aromatic heterocycles. The minimum absolute atomic E-state index is 0.0918. The third-order valence-corrected chi connectivity index (χ3v) is 3.21. The number of benzene rings is 1. The highest BCUT2D eigenvalue weighted by Crippen LogP contribution is 2.15. The summed E-state index contributed by atoms with van der Waals surface area (Å²) in [5, 5.41) is 0. The number of carbonyl (C=O) groups is 1. The predicted octanol–water partition coefficient (Wildman–Crippen LogP) is 2.54. The molecule has 0 fully saturated rings. The maximum atomic E-state index is 12.4. The first-order valence-corrected chi connectivity index (χ1v) is 6.53. The average molecular weight is 278 g/mol. The fraction of sp³-hybridized carbons (Fsp3) is 0.0625. The predicted molar refractivity (Wildman–Crippen MR) is 80.5 cm³/mol. The largest absolute Gasteiger partial charge is 0.311 e. The average Bonchev–Trinajstić information content (AvgIpc) is 3.09.